The fourth-order valence-electron chi connectivity index (χ4n) is 3.08. The van der Waals surface area contributed by atoms with Crippen molar-refractivity contribution in [1.82, 2.24) is 0 Å². The van der Waals surface area contributed by atoms with Gasteiger partial charge < -0.3 is 15.6 Å². The molecular weight excluding hydrogens is 350 g/mol. The van der Waals surface area contributed by atoms with Crippen molar-refractivity contribution < 1.29 is 14.6 Å². The molecule has 0 amide bonds. The summed E-state index contributed by atoms with van der Waals surface area (Å²) in [6.45, 7) is 6.82. The zero-order chi connectivity index (χ0) is 20.6. The zero-order valence-electron chi connectivity index (χ0n) is 17.3. The predicted molar refractivity (Wildman–Crippen MR) is 114 cm³/mol. The number of nitrogens with two attached hydrogens (primary N) is 1. The number of aliphatic hydroxyl groups excluding tert-OH is 1. The van der Waals surface area contributed by atoms with Gasteiger partial charge in [0.25, 0.3) is 0 Å². The van der Waals surface area contributed by atoms with Gasteiger partial charge in [0.1, 0.15) is 0 Å². The Morgan fingerprint density at radius 2 is 1.86 bits per heavy atom. The summed E-state index contributed by atoms with van der Waals surface area (Å²) in [6.07, 6.45) is 2.98. The minimum atomic E-state index is -0.689. The molecule has 0 aliphatic heterocycles. The van der Waals surface area contributed by atoms with Crippen LogP contribution in [0.4, 0.5) is 0 Å². The number of benzene rings is 2. The van der Waals surface area contributed by atoms with E-state index in [9.17, 15) is 9.90 Å². The molecule has 1 unspecified atom stereocenters. The summed E-state index contributed by atoms with van der Waals surface area (Å²) in [5.74, 6) is 0.171. The van der Waals surface area contributed by atoms with Crippen LogP contribution in [-0.4, -0.2) is 29.6 Å². The van der Waals surface area contributed by atoms with Crippen LogP contribution in [0.3, 0.4) is 0 Å². The van der Waals surface area contributed by atoms with Crippen LogP contribution in [0.15, 0.2) is 42.5 Å². The SMILES string of the molecule is CCC(N)(CO)COCc1ccc(C(=O)CCCc2cccc(C)c2C)cc1. The predicted octanol–water partition coefficient (Wildman–Crippen LogP) is 4.13. The second kappa shape index (κ2) is 10.5. The molecule has 2 aromatic carbocycles. The van der Waals surface area contributed by atoms with Gasteiger partial charge in [-0.3, -0.25) is 4.79 Å². The first-order chi connectivity index (χ1) is 13.4. The number of ketones is 1. The van der Waals surface area contributed by atoms with Crippen LogP contribution in [0.5, 0.6) is 0 Å². The molecular formula is C24H33NO3. The van der Waals surface area contributed by atoms with Crippen LogP contribution in [0.1, 0.15) is 58.8 Å². The highest BCUT2D eigenvalue weighted by Crippen LogP contribution is 2.17. The van der Waals surface area contributed by atoms with Crippen molar-refractivity contribution in [2.75, 3.05) is 13.2 Å². The molecule has 0 heterocycles. The van der Waals surface area contributed by atoms with E-state index in [1.54, 1.807) is 0 Å². The molecule has 3 N–H and O–H groups in total. The van der Waals surface area contributed by atoms with E-state index in [0.717, 1.165) is 24.0 Å². The Labute approximate surface area is 168 Å². The first-order valence-electron chi connectivity index (χ1n) is 10.0. The lowest BCUT2D eigenvalue weighted by Gasteiger charge is -2.25. The summed E-state index contributed by atoms with van der Waals surface area (Å²) >= 11 is 0. The molecule has 0 fully saturated rings. The fraction of sp³-hybridized carbons (Fsp3) is 0.458. The number of Topliss-reactive ketones (excluding diaryl/α,β-unsaturated/α-hetero) is 1. The first-order valence-corrected chi connectivity index (χ1v) is 10.0. The van der Waals surface area contributed by atoms with Crippen LogP contribution in [-0.2, 0) is 17.8 Å². The van der Waals surface area contributed by atoms with E-state index in [1.165, 1.54) is 16.7 Å². The van der Waals surface area contributed by atoms with Crippen molar-refractivity contribution in [2.24, 2.45) is 5.73 Å². The van der Waals surface area contributed by atoms with E-state index >= 15 is 0 Å². The smallest absolute Gasteiger partial charge is 0.162 e. The number of rotatable bonds is 11. The van der Waals surface area contributed by atoms with E-state index in [2.05, 4.69) is 32.0 Å². The third-order valence-electron chi connectivity index (χ3n) is 5.52. The highest BCUT2D eigenvalue weighted by Gasteiger charge is 2.21. The van der Waals surface area contributed by atoms with Crippen LogP contribution in [0, 0.1) is 13.8 Å². The molecule has 2 rings (SSSR count). The van der Waals surface area contributed by atoms with Crippen LogP contribution < -0.4 is 5.73 Å². The summed E-state index contributed by atoms with van der Waals surface area (Å²) < 4.78 is 5.63. The fourth-order valence-corrected chi connectivity index (χ4v) is 3.08. The summed E-state index contributed by atoms with van der Waals surface area (Å²) in [7, 11) is 0. The van der Waals surface area contributed by atoms with Gasteiger partial charge in [0.2, 0.25) is 0 Å². The summed E-state index contributed by atoms with van der Waals surface area (Å²) in [6, 6.07) is 13.9. The van der Waals surface area contributed by atoms with E-state index in [4.69, 9.17) is 10.5 Å². The maximum atomic E-state index is 12.4. The number of aryl methyl sites for hydroxylation is 2. The lowest BCUT2D eigenvalue weighted by molar-refractivity contribution is 0.0440. The van der Waals surface area contributed by atoms with E-state index in [1.807, 2.05) is 31.2 Å². The molecule has 4 heteroatoms. The minimum absolute atomic E-state index is 0.0982. The molecule has 1 atom stereocenters. The highest BCUT2D eigenvalue weighted by molar-refractivity contribution is 5.96. The molecule has 0 radical (unpaired) electrons. The van der Waals surface area contributed by atoms with Crippen LogP contribution in [0.2, 0.25) is 0 Å². The van der Waals surface area contributed by atoms with Gasteiger partial charge in [-0.25, -0.2) is 0 Å². The molecule has 2 aromatic rings. The standard InChI is InChI=1S/C24H33NO3/c1-4-24(25,16-26)17-28-15-20-11-13-22(14-12-20)23(27)10-6-9-21-8-5-7-18(2)19(21)3/h5,7-8,11-14,26H,4,6,9-10,15-17,25H2,1-3H3. The molecule has 0 aliphatic carbocycles. The zero-order valence-corrected chi connectivity index (χ0v) is 17.3. The van der Waals surface area contributed by atoms with Gasteiger partial charge in [0, 0.05) is 12.0 Å². The average molecular weight is 384 g/mol. The Morgan fingerprint density at radius 1 is 1.14 bits per heavy atom. The largest absolute Gasteiger partial charge is 0.394 e. The normalized spacial score (nSPS) is 13.3. The van der Waals surface area contributed by atoms with Crippen molar-refractivity contribution in [2.45, 2.75) is 58.6 Å². The van der Waals surface area contributed by atoms with Crippen molar-refractivity contribution in [1.29, 1.82) is 0 Å². The quantitative estimate of drug-likeness (QED) is 0.572. The molecule has 28 heavy (non-hydrogen) atoms. The van der Waals surface area contributed by atoms with Crippen molar-refractivity contribution in [3.05, 3.63) is 70.3 Å². The molecule has 0 aromatic heterocycles. The first kappa shape index (κ1) is 22.3. The van der Waals surface area contributed by atoms with Gasteiger partial charge in [0.15, 0.2) is 5.78 Å². The Morgan fingerprint density at radius 3 is 2.50 bits per heavy atom. The van der Waals surface area contributed by atoms with E-state index in [0.29, 0.717) is 26.1 Å². The number of hydrogen-bond acceptors (Lipinski definition) is 4. The van der Waals surface area contributed by atoms with Gasteiger partial charge in [-0.2, -0.15) is 0 Å². The molecule has 0 bridgehead atoms. The molecule has 0 saturated carbocycles. The van der Waals surface area contributed by atoms with Gasteiger partial charge in [-0.1, -0.05) is 49.4 Å². The Balaban J connectivity index is 1.80. The monoisotopic (exact) mass is 383 g/mol. The van der Waals surface area contributed by atoms with Gasteiger partial charge in [0.05, 0.1) is 25.4 Å². The van der Waals surface area contributed by atoms with Gasteiger partial charge in [-0.05, 0) is 55.4 Å². The third kappa shape index (κ3) is 6.26. The van der Waals surface area contributed by atoms with Crippen molar-refractivity contribution >= 4 is 5.78 Å². The van der Waals surface area contributed by atoms with E-state index in [-0.39, 0.29) is 12.4 Å². The summed E-state index contributed by atoms with van der Waals surface area (Å²) in [5.41, 5.74) is 11.0. The van der Waals surface area contributed by atoms with Crippen LogP contribution >= 0.6 is 0 Å². The molecule has 0 aliphatic rings. The highest BCUT2D eigenvalue weighted by atomic mass is 16.5. The Bertz CT molecular complexity index is 764. The number of carbonyl (C=O) groups is 1. The van der Waals surface area contributed by atoms with Crippen molar-refractivity contribution in [3.63, 3.8) is 0 Å². The maximum Gasteiger partial charge on any atom is 0.162 e. The lowest BCUT2D eigenvalue weighted by atomic mass is 9.97. The second-order valence-electron chi connectivity index (χ2n) is 7.70. The maximum absolute atomic E-state index is 12.4. The topological polar surface area (TPSA) is 72.6 Å². The molecule has 0 saturated heterocycles. The molecule has 152 valence electrons. The second-order valence-corrected chi connectivity index (χ2v) is 7.70. The number of carbonyl (C=O) groups excluding carboxylic acids is 1. The molecule has 0 spiro atoms. The Kier molecular flexibility index (Phi) is 8.36. The number of aliphatic hydroxyl groups is 1. The summed E-state index contributed by atoms with van der Waals surface area (Å²) in [5, 5.41) is 9.31. The lowest BCUT2D eigenvalue weighted by Crippen LogP contribution is -2.47. The average Bonchev–Trinajstić information content (AvgIpc) is 2.71. The number of ether oxygens (including phenoxy) is 1. The third-order valence-corrected chi connectivity index (χ3v) is 5.52. The molecule has 4 nitrogen and oxygen atoms in total. The minimum Gasteiger partial charge on any atom is -0.394 e. The Hall–Kier alpha value is -2.01. The van der Waals surface area contributed by atoms with Gasteiger partial charge >= 0.3 is 0 Å². The van der Waals surface area contributed by atoms with Gasteiger partial charge in [-0.15, -0.1) is 0 Å². The van der Waals surface area contributed by atoms with Crippen LogP contribution in [0.25, 0.3) is 0 Å². The van der Waals surface area contributed by atoms with Crippen molar-refractivity contribution in [3.8, 4) is 0 Å². The number of hydrogen-bond donors (Lipinski definition) is 2. The summed E-state index contributed by atoms with van der Waals surface area (Å²) in [4.78, 5) is 12.4. The van der Waals surface area contributed by atoms with E-state index < -0.39 is 5.54 Å².